The van der Waals surface area contributed by atoms with E-state index in [0.29, 0.717) is 12.5 Å². The number of carbonyl (C=O) groups excluding carboxylic acids is 1. The van der Waals surface area contributed by atoms with Crippen LogP contribution in [0.5, 0.6) is 0 Å². The van der Waals surface area contributed by atoms with Crippen LogP contribution in [0.3, 0.4) is 0 Å². The Morgan fingerprint density at radius 2 is 1.89 bits per heavy atom. The van der Waals surface area contributed by atoms with Crippen molar-refractivity contribution >= 4 is 5.91 Å². The van der Waals surface area contributed by atoms with Gasteiger partial charge in [-0.1, -0.05) is 26.7 Å². The molecule has 0 bridgehead atoms. The summed E-state index contributed by atoms with van der Waals surface area (Å²) in [5, 5.41) is 3.23. The molecule has 1 aliphatic rings. The second kappa shape index (κ2) is 6.05. The molecule has 0 spiro atoms. The van der Waals surface area contributed by atoms with E-state index >= 15 is 0 Å². The standard InChI is InChI=1S/C15H30N2O/c1-12(2)11-15(7-5-6-8-15)13(18)17-14(3,4)9-10-16/h12H,5-11,16H2,1-4H3,(H,17,18). The highest BCUT2D eigenvalue weighted by Crippen LogP contribution is 2.43. The third-order valence-corrected chi connectivity index (χ3v) is 4.06. The fraction of sp³-hybridized carbons (Fsp3) is 0.933. The lowest BCUT2D eigenvalue weighted by Crippen LogP contribution is -2.51. The van der Waals surface area contributed by atoms with E-state index in [0.717, 1.165) is 25.7 Å². The highest BCUT2D eigenvalue weighted by atomic mass is 16.2. The molecule has 0 aliphatic heterocycles. The second-order valence-electron chi connectivity index (χ2n) is 6.96. The molecule has 1 fully saturated rings. The van der Waals surface area contributed by atoms with Crippen molar-refractivity contribution in [3.05, 3.63) is 0 Å². The summed E-state index contributed by atoms with van der Waals surface area (Å²) in [6.07, 6.45) is 6.33. The summed E-state index contributed by atoms with van der Waals surface area (Å²) in [7, 11) is 0. The van der Waals surface area contributed by atoms with Gasteiger partial charge < -0.3 is 11.1 Å². The molecule has 1 rings (SSSR count). The molecule has 0 heterocycles. The maximum atomic E-state index is 12.6. The predicted molar refractivity (Wildman–Crippen MR) is 76.2 cm³/mol. The summed E-state index contributed by atoms with van der Waals surface area (Å²) in [6, 6.07) is 0. The Labute approximate surface area is 112 Å². The van der Waals surface area contributed by atoms with E-state index in [2.05, 4.69) is 33.0 Å². The Morgan fingerprint density at radius 3 is 2.33 bits per heavy atom. The van der Waals surface area contributed by atoms with Crippen LogP contribution in [0.2, 0.25) is 0 Å². The third kappa shape index (κ3) is 3.98. The SMILES string of the molecule is CC(C)CC1(C(=O)NC(C)(C)CCN)CCCC1. The molecule has 0 unspecified atom stereocenters. The molecule has 0 atom stereocenters. The minimum absolute atomic E-state index is 0.111. The summed E-state index contributed by atoms with van der Waals surface area (Å²) in [6.45, 7) is 9.16. The zero-order chi connectivity index (χ0) is 13.8. The van der Waals surface area contributed by atoms with E-state index in [4.69, 9.17) is 5.73 Å². The van der Waals surface area contributed by atoms with Gasteiger partial charge in [0.2, 0.25) is 5.91 Å². The lowest BCUT2D eigenvalue weighted by molar-refractivity contribution is -0.133. The van der Waals surface area contributed by atoms with Crippen molar-refractivity contribution < 1.29 is 4.79 Å². The second-order valence-corrected chi connectivity index (χ2v) is 6.96. The van der Waals surface area contributed by atoms with E-state index < -0.39 is 0 Å². The summed E-state index contributed by atoms with van der Waals surface area (Å²) in [5.74, 6) is 0.832. The Balaban J connectivity index is 2.72. The van der Waals surface area contributed by atoms with Crippen LogP contribution in [-0.2, 0) is 4.79 Å². The van der Waals surface area contributed by atoms with E-state index in [1.807, 2.05) is 0 Å². The molecule has 18 heavy (non-hydrogen) atoms. The topological polar surface area (TPSA) is 55.1 Å². The van der Waals surface area contributed by atoms with Gasteiger partial charge in [0.15, 0.2) is 0 Å². The summed E-state index contributed by atoms with van der Waals surface area (Å²) in [4.78, 5) is 12.6. The molecular weight excluding hydrogens is 224 g/mol. The van der Waals surface area contributed by atoms with Gasteiger partial charge in [0.25, 0.3) is 0 Å². The number of hydrogen-bond donors (Lipinski definition) is 2. The smallest absolute Gasteiger partial charge is 0.226 e. The normalized spacial score (nSPS) is 19.2. The van der Waals surface area contributed by atoms with Crippen LogP contribution in [-0.4, -0.2) is 18.0 Å². The molecule has 106 valence electrons. The van der Waals surface area contributed by atoms with Gasteiger partial charge in [-0.05, 0) is 52.0 Å². The Bertz CT molecular complexity index is 278. The number of rotatable bonds is 6. The van der Waals surface area contributed by atoms with Crippen molar-refractivity contribution in [3.63, 3.8) is 0 Å². The first-order chi connectivity index (χ1) is 8.31. The van der Waals surface area contributed by atoms with Crippen molar-refractivity contribution in [1.29, 1.82) is 0 Å². The van der Waals surface area contributed by atoms with E-state index in [-0.39, 0.29) is 16.9 Å². The molecule has 0 aromatic carbocycles. The average Bonchev–Trinajstić information content (AvgIpc) is 2.65. The van der Waals surface area contributed by atoms with Crippen LogP contribution in [0, 0.1) is 11.3 Å². The minimum atomic E-state index is -0.182. The average molecular weight is 254 g/mol. The predicted octanol–water partition coefficient (Wildman–Crippen LogP) is 2.84. The molecule has 3 nitrogen and oxygen atoms in total. The van der Waals surface area contributed by atoms with Crippen molar-refractivity contribution in [1.82, 2.24) is 5.32 Å². The number of nitrogens with one attached hydrogen (secondary N) is 1. The van der Waals surface area contributed by atoms with Gasteiger partial charge in [-0.15, -0.1) is 0 Å². The lowest BCUT2D eigenvalue weighted by atomic mass is 9.77. The molecule has 1 amide bonds. The zero-order valence-electron chi connectivity index (χ0n) is 12.5. The summed E-state index contributed by atoms with van der Waals surface area (Å²) >= 11 is 0. The molecule has 0 saturated heterocycles. The molecule has 1 saturated carbocycles. The van der Waals surface area contributed by atoms with E-state index in [9.17, 15) is 4.79 Å². The van der Waals surface area contributed by atoms with Crippen molar-refractivity contribution in [2.45, 2.75) is 71.8 Å². The van der Waals surface area contributed by atoms with Gasteiger partial charge in [-0.3, -0.25) is 4.79 Å². The van der Waals surface area contributed by atoms with Gasteiger partial charge in [0.05, 0.1) is 0 Å². The Kier molecular flexibility index (Phi) is 5.20. The molecule has 0 radical (unpaired) electrons. The van der Waals surface area contributed by atoms with Gasteiger partial charge in [-0.2, -0.15) is 0 Å². The first-order valence-corrected chi connectivity index (χ1v) is 7.34. The molecule has 3 heteroatoms. The lowest BCUT2D eigenvalue weighted by Gasteiger charge is -2.35. The highest BCUT2D eigenvalue weighted by molar-refractivity contribution is 5.83. The number of amides is 1. The fourth-order valence-corrected chi connectivity index (χ4v) is 3.22. The number of hydrogen-bond acceptors (Lipinski definition) is 2. The van der Waals surface area contributed by atoms with Crippen LogP contribution in [0.4, 0.5) is 0 Å². The molecule has 3 N–H and O–H groups in total. The molecule has 1 aliphatic carbocycles. The zero-order valence-corrected chi connectivity index (χ0v) is 12.5. The number of carbonyl (C=O) groups is 1. The first-order valence-electron chi connectivity index (χ1n) is 7.34. The monoisotopic (exact) mass is 254 g/mol. The molecule has 0 aromatic rings. The van der Waals surface area contributed by atoms with E-state index in [1.54, 1.807) is 0 Å². The maximum Gasteiger partial charge on any atom is 0.226 e. The quantitative estimate of drug-likeness (QED) is 0.766. The van der Waals surface area contributed by atoms with Crippen LogP contribution in [0.15, 0.2) is 0 Å². The summed E-state index contributed by atoms with van der Waals surface area (Å²) in [5.41, 5.74) is 5.31. The Hall–Kier alpha value is -0.570. The third-order valence-electron chi connectivity index (χ3n) is 4.06. The minimum Gasteiger partial charge on any atom is -0.351 e. The highest BCUT2D eigenvalue weighted by Gasteiger charge is 2.42. The summed E-state index contributed by atoms with van der Waals surface area (Å²) < 4.78 is 0. The van der Waals surface area contributed by atoms with Gasteiger partial charge in [-0.25, -0.2) is 0 Å². The first kappa shape index (κ1) is 15.5. The van der Waals surface area contributed by atoms with Crippen molar-refractivity contribution in [2.24, 2.45) is 17.1 Å². The van der Waals surface area contributed by atoms with Crippen LogP contribution >= 0.6 is 0 Å². The van der Waals surface area contributed by atoms with Gasteiger partial charge >= 0.3 is 0 Å². The molecule has 0 aromatic heterocycles. The number of nitrogens with two attached hydrogens (primary N) is 1. The van der Waals surface area contributed by atoms with Crippen LogP contribution < -0.4 is 11.1 Å². The molecular formula is C15H30N2O. The largest absolute Gasteiger partial charge is 0.351 e. The van der Waals surface area contributed by atoms with Crippen LogP contribution in [0.25, 0.3) is 0 Å². The van der Waals surface area contributed by atoms with E-state index in [1.165, 1.54) is 12.8 Å². The Morgan fingerprint density at radius 1 is 1.33 bits per heavy atom. The van der Waals surface area contributed by atoms with Gasteiger partial charge in [0, 0.05) is 11.0 Å². The van der Waals surface area contributed by atoms with Crippen molar-refractivity contribution in [3.8, 4) is 0 Å². The maximum absolute atomic E-state index is 12.6. The van der Waals surface area contributed by atoms with Gasteiger partial charge in [0.1, 0.15) is 0 Å². The van der Waals surface area contributed by atoms with Crippen molar-refractivity contribution in [2.75, 3.05) is 6.54 Å². The fourth-order valence-electron chi connectivity index (χ4n) is 3.22. The van der Waals surface area contributed by atoms with Crippen LogP contribution in [0.1, 0.15) is 66.2 Å².